The van der Waals surface area contributed by atoms with Crippen LogP contribution in [0.3, 0.4) is 0 Å². The van der Waals surface area contributed by atoms with Crippen molar-refractivity contribution in [3.05, 3.63) is 93.5 Å². The lowest BCUT2D eigenvalue weighted by molar-refractivity contribution is -0.367. The summed E-state index contributed by atoms with van der Waals surface area (Å²) in [5.74, 6) is -2.62. The van der Waals surface area contributed by atoms with Gasteiger partial charge in [-0.3, -0.25) is 9.30 Å². The number of halogens is 7. The molecule has 0 spiro atoms. The Morgan fingerprint density at radius 3 is 2.38 bits per heavy atom. The molecule has 2 aromatic heterocycles. The molecule has 0 N–H and O–H groups in total. The van der Waals surface area contributed by atoms with Crippen LogP contribution < -0.4 is 15.3 Å². The van der Waals surface area contributed by atoms with E-state index in [0.29, 0.717) is 0 Å². The highest BCUT2D eigenvalue weighted by molar-refractivity contribution is 6.32. The number of benzene rings is 2. The van der Waals surface area contributed by atoms with E-state index in [1.807, 2.05) is 0 Å². The summed E-state index contributed by atoms with van der Waals surface area (Å²) in [4.78, 5) is 18.3. The molecular formula is C25H18ClF6N5O3. The zero-order valence-electron chi connectivity index (χ0n) is 20.4. The van der Waals surface area contributed by atoms with Gasteiger partial charge in [0.2, 0.25) is 0 Å². The average molecular weight is 586 g/mol. The number of aromatic nitrogens is 4. The van der Waals surface area contributed by atoms with Gasteiger partial charge in [-0.1, -0.05) is 17.7 Å². The first kappa shape index (κ1) is 27.5. The summed E-state index contributed by atoms with van der Waals surface area (Å²) in [5, 5.41) is 3.90. The summed E-state index contributed by atoms with van der Waals surface area (Å²) in [7, 11) is 0. The molecule has 2 aromatic carbocycles. The maximum Gasteiger partial charge on any atom is 0.523 e. The van der Waals surface area contributed by atoms with Gasteiger partial charge in [-0.05, 0) is 31.2 Å². The number of ether oxygens (including phenoxy) is 2. The second kappa shape index (κ2) is 10.2. The van der Waals surface area contributed by atoms with Crippen LogP contribution in [0.4, 0.5) is 32.2 Å². The molecule has 1 aliphatic heterocycles. The summed E-state index contributed by atoms with van der Waals surface area (Å²) in [6.45, 7) is 0.680. The Morgan fingerprint density at radius 2 is 1.73 bits per heavy atom. The summed E-state index contributed by atoms with van der Waals surface area (Å²) in [5.41, 5.74) is -2.54. The molecule has 1 saturated heterocycles. The Labute approximate surface area is 226 Å². The van der Waals surface area contributed by atoms with Crippen molar-refractivity contribution in [1.82, 2.24) is 19.3 Å². The van der Waals surface area contributed by atoms with E-state index in [1.54, 1.807) is 0 Å². The molecule has 0 aliphatic carbocycles. The molecule has 0 amide bonds. The molecular weight excluding hydrogens is 568 g/mol. The molecule has 1 fully saturated rings. The maximum absolute atomic E-state index is 15.0. The van der Waals surface area contributed by atoms with Crippen LogP contribution in [0.15, 0.2) is 59.8 Å². The van der Waals surface area contributed by atoms with Crippen LogP contribution in [0.1, 0.15) is 12.5 Å². The Balaban J connectivity index is 1.32. The SMILES string of the molecule is CC1(OC(F)(F)F)CN(c2cc(Oc3ccc(-n4ncn(Cc5c(F)cccc5F)c4=O)cc3F)c(Cl)cn2)C1. The van der Waals surface area contributed by atoms with Gasteiger partial charge in [-0.15, -0.1) is 13.2 Å². The standard InChI is InChI=1S/C25H18ClF6N5O3/c1-24(40-25(30,31)32)11-36(12-24)22-8-21(16(26)9-33-22)39-20-6-5-14(7-19(20)29)37-23(38)35(13-34-37)10-15-17(27)3-2-4-18(15)28/h2-9,13H,10-12H2,1H3. The van der Waals surface area contributed by atoms with E-state index in [9.17, 15) is 31.1 Å². The summed E-state index contributed by atoms with van der Waals surface area (Å²) in [6.07, 6.45) is -2.51. The molecule has 1 aliphatic rings. The van der Waals surface area contributed by atoms with Crippen LogP contribution >= 0.6 is 11.6 Å². The number of hydrogen-bond donors (Lipinski definition) is 0. The Bertz CT molecular complexity index is 1610. The van der Waals surface area contributed by atoms with Crippen molar-refractivity contribution in [3.8, 4) is 17.2 Å². The van der Waals surface area contributed by atoms with Gasteiger partial charge in [0.15, 0.2) is 17.3 Å². The molecule has 210 valence electrons. The smallest absolute Gasteiger partial charge is 0.453 e. The lowest BCUT2D eigenvalue weighted by atomic mass is 9.96. The molecule has 8 nitrogen and oxygen atoms in total. The van der Waals surface area contributed by atoms with E-state index in [4.69, 9.17) is 16.3 Å². The van der Waals surface area contributed by atoms with Crippen molar-refractivity contribution in [2.75, 3.05) is 18.0 Å². The van der Waals surface area contributed by atoms with Crippen LogP contribution in [0.25, 0.3) is 5.69 Å². The lowest BCUT2D eigenvalue weighted by Gasteiger charge is -2.48. The molecule has 15 heteroatoms. The summed E-state index contributed by atoms with van der Waals surface area (Å²) in [6, 6.07) is 8.15. The number of anilines is 1. The van der Waals surface area contributed by atoms with Crippen molar-refractivity contribution >= 4 is 17.4 Å². The van der Waals surface area contributed by atoms with E-state index in [1.165, 1.54) is 42.3 Å². The van der Waals surface area contributed by atoms with Crippen molar-refractivity contribution in [2.45, 2.75) is 25.4 Å². The zero-order valence-corrected chi connectivity index (χ0v) is 21.2. The van der Waals surface area contributed by atoms with Crippen molar-refractivity contribution in [3.63, 3.8) is 0 Å². The van der Waals surface area contributed by atoms with E-state index < -0.39 is 41.6 Å². The van der Waals surface area contributed by atoms with Gasteiger partial charge >= 0.3 is 12.1 Å². The van der Waals surface area contributed by atoms with Crippen LogP contribution in [0.5, 0.6) is 11.5 Å². The highest BCUT2D eigenvalue weighted by atomic mass is 35.5. The number of alkyl halides is 3. The van der Waals surface area contributed by atoms with Crippen LogP contribution in [-0.2, 0) is 11.3 Å². The fraction of sp³-hybridized carbons (Fsp3) is 0.240. The maximum atomic E-state index is 15.0. The third kappa shape index (κ3) is 5.63. The van der Waals surface area contributed by atoms with Crippen molar-refractivity contribution in [2.24, 2.45) is 0 Å². The highest BCUT2D eigenvalue weighted by Crippen LogP contribution is 2.38. The van der Waals surface area contributed by atoms with Crippen LogP contribution in [0.2, 0.25) is 5.02 Å². The minimum Gasteiger partial charge on any atom is -0.453 e. The van der Waals surface area contributed by atoms with Gasteiger partial charge in [-0.25, -0.2) is 22.9 Å². The van der Waals surface area contributed by atoms with E-state index in [2.05, 4.69) is 14.8 Å². The normalized spacial score (nSPS) is 14.8. The number of nitrogens with zero attached hydrogens (tertiary/aromatic N) is 5. The second-order valence-electron chi connectivity index (χ2n) is 9.20. The average Bonchev–Trinajstić information content (AvgIpc) is 3.21. The monoisotopic (exact) mass is 585 g/mol. The quantitative estimate of drug-likeness (QED) is 0.268. The van der Waals surface area contributed by atoms with Crippen molar-refractivity contribution in [1.29, 1.82) is 0 Å². The fourth-order valence-corrected chi connectivity index (χ4v) is 4.37. The van der Waals surface area contributed by atoms with Crippen LogP contribution in [0, 0.1) is 17.5 Å². The molecule has 3 heterocycles. The predicted octanol–water partition coefficient (Wildman–Crippen LogP) is 5.46. The minimum atomic E-state index is -4.78. The minimum absolute atomic E-state index is 0.00801. The largest absolute Gasteiger partial charge is 0.523 e. The lowest BCUT2D eigenvalue weighted by Crippen LogP contribution is -2.63. The topological polar surface area (TPSA) is 74.4 Å². The Hall–Kier alpha value is -4.04. The van der Waals surface area contributed by atoms with Gasteiger partial charge in [0, 0.05) is 17.7 Å². The Morgan fingerprint density at radius 1 is 1.02 bits per heavy atom. The third-order valence-electron chi connectivity index (χ3n) is 6.05. The first-order valence-corrected chi connectivity index (χ1v) is 11.9. The molecule has 0 saturated carbocycles. The number of pyridine rings is 1. The van der Waals surface area contributed by atoms with Gasteiger partial charge in [0.25, 0.3) is 0 Å². The summed E-state index contributed by atoms with van der Waals surface area (Å²) < 4.78 is 92.2. The van der Waals surface area contributed by atoms with Gasteiger partial charge < -0.3 is 9.64 Å². The molecule has 40 heavy (non-hydrogen) atoms. The van der Waals surface area contributed by atoms with E-state index >= 15 is 0 Å². The number of hydrogen-bond acceptors (Lipinski definition) is 6. The third-order valence-corrected chi connectivity index (χ3v) is 6.33. The van der Waals surface area contributed by atoms with Crippen molar-refractivity contribution < 1.29 is 35.8 Å². The first-order chi connectivity index (χ1) is 18.8. The molecule has 5 rings (SSSR count). The second-order valence-corrected chi connectivity index (χ2v) is 9.60. The van der Waals surface area contributed by atoms with Gasteiger partial charge in [-0.2, -0.15) is 9.78 Å². The van der Waals surface area contributed by atoms with Gasteiger partial charge in [0.05, 0.1) is 31.5 Å². The van der Waals surface area contributed by atoms with E-state index in [-0.39, 0.29) is 46.7 Å². The molecule has 4 aromatic rings. The number of rotatable bonds is 7. The summed E-state index contributed by atoms with van der Waals surface area (Å²) >= 11 is 6.13. The van der Waals surface area contributed by atoms with E-state index in [0.717, 1.165) is 33.8 Å². The molecule has 0 unspecified atom stereocenters. The predicted molar refractivity (Wildman–Crippen MR) is 130 cm³/mol. The molecule has 0 atom stereocenters. The molecule has 0 radical (unpaired) electrons. The van der Waals surface area contributed by atoms with Crippen LogP contribution in [-0.4, -0.2) is 44.4 Å². The zero-order chi connectivity index (χ0) is 28.8. The Kier molecular flexibility index (Phi) is 7.00. The highest BCUT2D eigenvalue weighted by Gasteiger charge is 2.48. The fourth-order valence-electron chi connectivity index (χ4n) is 4.22. The van der Waals surface area contributed by atoms with Gasteiger partial charge in [0.1, 0.15) is 34.4 Å². The first-order valence-electron chi connectivity index (χ1n) is 11.5. The molecule has 0 bridgehead atoms.